The van der Waals surface area contributed by atoms with Crippen LogP contribution in [0.5, 0.6) is 0 Å². The van der Waals surface area contributed by atoms with E-state index in [1.165, 1.54) is 0 Å². The number of nitrogens with zero attached hydrogens (tertiary/aromatic N) is 3. The number of carbonyl (C=O) groups is 1. The third-order valence-corrected chi connectivity index (χ3v) is 5.82. The van der Waals surface area contributed by atoms with Gasteiger partial charge in [-0.05, 0) is 43.7 Å². The summed E-state index contributed by atoms with van der Waals surface area (Å²) in [4.78, 5) is 21.3. The molecule has 0 atom stereocenters. The molecule has 1 aliphatic heterocycles. The highest BCUT2D eigenvalue weighted by atomic mass is 35.5. The molecule has 2 aromatic carbocycles. The maximum Gasteiger partial charge on any atom is 0.231 e. The van der Waals surface area contributed by atoms with Crippen LogP contribution in [0.4, 0.5) is 11.4 Å². The molecule has 4 nitrogen and oxygen atoms in total. The van der Waals surface area contributed by atoms with Gasteiger partial charge in [0.2, 0.25) is 5.91 Å². The van der Waals surface area contributed by atoms with E-state index in [-0.39, 0.29) is 5.91 Å². The molecule has 0 unspecified atom stereocenters. The predicted molar refractivity (Wildman–Crippen MR) is 105 cm³/mol. The highest BCUT2D eigenvalue weighted by Gasteiger charge is 2.27. The van der Waals surface area contributed by atoms with Crippen molar-refractivity contribution in [3.8, 4) is 0 Å². The van der Waals surface area contributed by atoms with Crippen LogP contribution in [-0.4, -0.2) is 15.5 Å². The van der Waals surface area contributed by atoms with Crippen LogP contribution in [0.15, 0.2) is 64.6 Å². The van der Waals surface area contributed by atoms with E-state index in [1.54, 1.807) is 18.0 Å². The van der Waals surface area contributed by atoms with Crippen LogP contribution in [0, 0.1) is 6.92 Å². The van der Waals surface area contributed by atoms with Crippen LogP contribution < -0.4 is 4.90 Å². The minimum Gasteiger partial charge on any atom is -0.335 e. The van der Waals surface area contributed by atoms with Crippen LogP contribution in [0.2, 0.25) is 5.02 Å². The van der Waals surface area contributed by atoms with Crippen molar-refractivity contribution >= 4 is 40.6 Å². The Kier molecular flexibility index (Phi) is 4.74. The summed E-state index contributed by atoms with van der Waals surface area (Å²) in [6, 6.07) is 13.7. The van der Waals surface area contributed by atoms with Gasteiger partial charge in [0.15, 0.2) is 0 Å². The maximum atomic E-state index is 13.1. The van der Waals surface area contributed by atoms with Gasteiger partial charge in [-0.25, -0.2) is 4.98 Å². The minimum absolute atomic E-state index is 0.0824. The van der Waals surface area contributed by atoms with Gasteiger partial charge < -0.3 is 4.57 Å². The lowest BCUT2D eigenvalue weighted by molar-refractivity contribution is -0.118. The van der Waals surface area contributed by atoms with E-state index in [0.29, 0.717) is 11.4 Å². The molecule has 2 heterocycles. The lowest BCUT2D eigenvalue weighted by Gasteiger charge is -2.31. The SMILES string of the molecule is Cc1nccn1CCCC(=O)N1c2ccccc2Sc2ccc(Cl)cc21. The third kappa shape index (κ3) is 3.24. The first kappa shape index (κ1) is 17.2. The summed E-state index contributed by atoms with van der Waals surface area (Å²) in [5, 5.41) is 0.635. The highest BCUT2D eigenvalue weighted by molar-refractivity contribution is 7.99. The maximum absolute atomic E-state index is 13.1. The molecule has 26 heavy (non-hydrogen) atoms. The van der Waals surface area contributed by atoms with Crippen LogP contribution in [0.3, 0.4) is 0 Å². The van der Waals surface area contributed by atoms with E-state index in [9.17, 15) is 4.79 Å². The van der Waals surface area contributed by atoms with Gasteiger partial charge >= 0.3 is 0 Å². The molecular weight excluding hydrogens is 366 g/mol. The smallest absolute Gasteiger partial charge is 0.231 e. The van der Waals surface area contributed by atoms with Crippen molar-refractivity contribution in [1.29, 1.82) is 0 Å². The molecule has 0 spiro atoms. The largest absolute Gasteiger partial charge is 0.335 e. The molecule has 0 aliphatic carbocycles. The number of aromatic nitrogens is 2. The van der Waals surface area contributed by atoms with Crippen molar-refractivity contribution in [3.63, 3.8) is 0 Å². The molecule has 0 saturated carbocycles. The van der Waals surface area contributed by atoms with Crippen LogP contribution in [0.25, 0.3) is 0 Å². The highest BCUT2D eigenvalue weighted by Crippen LogP contribution is 2.48. The van der Waals surface area contributed by atoms with Crippen molar-refractivity contribution in [2.45, 2.75) is 36.1 Å². The molecule has 4 rings (SSSR count). The molecule has 1 amide bonds. The molecule has 0 fully saturated rings. The van der Waals surface area contributed by atoms with Crippen molar-refractivity contribution < 1.29 is 4.79 Å². The fourth-order valence-corrected chi connectivity index (χ4v) is 4.35. The number of rotatable bonds is 4. The molecule has 3 aromatic rings. The summed E-state index contributed by atoms with van der Waals surface area (Å²) in [5.41, 5.74) is 1.79. The normalized spacial score (nSPS) is 12.6. The van der Waals surface area contributed by atoms with Gasteiger partial charge in [0, 0.05) is 40.2 Å². The van der Waals surface area contributed by atoms with Gasteiger partial charge in [-0.1, -0.05) is 35.5 Å². The number of benzene rings is 2. The zero-order valence-corrected chi connectivity index (χ0v) is 15.9. The Morgan fingerprint density at radius 1 is 1.15 bits per heavy atom. The van der Waals surface area contributed by atoms with Gasteiger partial charge in [0.25, 0.3) is 0 Å². The van der Waals surface area contributed by atoms with E-state index in [2.05, 4.69) is 9.55 Å². The zero-order chi connectivity index (χ0) is 18.1. The van der Waals surface area contributed by atoms with Gasteiger partial charge in [0.05, 0.1) is 11.4 Å². The lowest BCUT2D eigenvalue weighted by atomic mass is 10.2. The number of anilines is 2. The van der Waals surface area contributed by atoms with E-state index >= 15 is 0 Å². The Balaban J connectivity index is 1.59. The molecule has 132 valence electrons. The number of fused-ring (bicyclic) bond motifs is 2. The van der Waals surface area contributed by atoms with Gasteiger partial charge in [-0.2, -0.15) is 0 Å². The predicted octanol–water partition coefficient (Wildman–Crippen LogP) is 5.45. The van der Waals surface area contributed by atoms with E-state index < -0.39 is 0 Å². The first-order valence-corrected chi connectivity index (χ1v) is 9.70. The standard InChI is InChI=1S/C20H18ClN3OS/c1-14-22-10-12-23(14)11-4-7-20(25)24-16-5-2-3-6-18(16)26-19-9-8-15(21)13-17(19)24/h2-3,5-6,8-10,12-13H,4,7,11H2,1H3. The van der Waals surface area contributed by atoms with Crippen molar-refractivity contribution in [2.24, 2.45) is 0 Å². The third-order valence-electron chi connectivity index (χ3n) is 4.45. The summed E-state index contributed by atoms with van der Waals surface area (Å²) >= 11 is 7.88. The van der Waals surface area contributed by atoms with Gasteiger partial charge in [-0.15, -0.1) is 0 Å². The average Bonchev–Trinajstić information content (AvgIpc) is 3.04. The second kappa shape index (κ2) is 7.17. The number of carbonyl (C=O) groups excluding carboxylic acids is 1. The Labute approximate surface area is 161 Å². The fraction of sp³-hybridized carbons (Fsp3) is 0.200. The Hall–Kier alpha value is -2.24. The molecule has 0 radical (unpaired) electrons. The average molecular weight is 384 g/mol. The Bertz CT molecular complexity index is 969. The number of hydrogen-bond acceptors (Lipinski definition) is 3. The summed E-state index contributed by atoms with van der Waals surface area (Å²) in [5.74, 6) is 1.05. The molecule has 1 aliphatic rings. The second-order valence-electron chi connectivity index (χ2n) is 6.18. The lowest BCUT2D eigenvalue weighted by Crippen LogP contribution is -2.28. The molecular formula is C20H18ClN3OS. The van der Waals surface area contributed by atoms with Crippen LogP contribution in [0.1, 0.15) is 18.7 Å². The summed E-state index contributed by atoms with van der Waals surface area (Å²) in [6.07, 6.45) is 4.95. The van der Waals surface area contributed by atoms with Crippen molar-refractivity contribution in [1.82, 2.24) is 9.55 Å². The first-order valence-electron chi connectivity index (χ1n) is 8.50. The van der Waals surface area contributed by atoms with Gasteiger partial charge in [0.1, 0.15) is 5.82 Å². The number of imidazole rings is 1. The van der Waals surface area contributed by atoms with Crippen LogP contribution in [-0.2, 0) is 11.3 Å². The Morgan fingerprint density at radius 3 is 2.77 bits per heavy atom. The second-order valence-corrected chi connectivity index (χ2v) is 7.70. The molecule has 1 aromatic heterocycles. The topological polar surface area (TPSA) is 38.1 Å². The Morgan fingerprint density at radius 2 is 1.96 bits per heavy atom. The zero-order valence-electron chi connectivity index (χ0n) is 14.4. The molecule has 0 saturated heterocycles. The van der Waals surface area contributed by atoms with Crippen LogP contribution >= 0.6 is 23.4 Å². The number of amides is 1. The number of para-hydroxylation sites is 1. The first-order chi connectivity index (χ1) is 12.6. The molecule has 6 heteroatoms. The van der Waals surface area contributed by atoms with Gasteiger partial charge in [-0.3, -0.25) is 9.69 Å². The van der Waals surface area contributed by atoms with E-state index in [4.69, 9.17) is 11.6 Å². The monoisotopic (exact) mass is 383 g/mol. The number of aryl methyl sites for hydroxylation is 2. The summed E-state index contributed by atoms with van der Waals surface area (Å²) in [6.45, 7) is 2.75. The molecule has 0 N–H and O–H groups in total. The molecule has 0 bridgehead atoms. The summed E-state index contributed by atoms with van der Waals surface area (Å²) < 4.78 is 2.07. The fourth-order valence-electron chi connectivity index (χ4n) is 3.15. The van der Waals surface area contributed by atoms with Crippen molar-refractivity contribution in [3.05, 3.63) is 65.7 Å². The quantitative estimate of drug-likeness (QED) is 0.600. The minimum atomic E-state index is 0.0824. The number of hydrogen-bond donors (Lipinski definition) is 0. The van der Waals surface area contributed by atoms with E-state index in [0.717, 1.165) is 40.0 Å². The van der Waals surface area contributed by atoms with E-state index in [1.807, 2.05) is 60.5 Å². The summed E-state index contributed by atoms with van der Waals surface area (Å²) in [7, 11) is 0. The number of halogens is 1. The van der Waals surface area contributed by atoms with Crippen molar-refractivity contribution in [2.75, 3.05) is 4.90 Å².